The first-order valence-corrected chi connectivity index (χ1v) is 10.7. The van der Waals surface area contributed by atoms with Crippen LogP contribution in [0.15, 0.2) is 73.1 Å². The number of anilines is 2. The molecule has 3 aromatic heterocycles. The standard InChI is InChI=1S/C26H21N7/c1-3-19-5-4-6-22(30-19)25-24(18-9-12-21-23(15-18)29-14-13-28-21)31-26(32-25)33(2)20-10-7-17(16-27)8-11-20/h4-15H,3H2,1-2H3,(H,31,32). The molecule has 0 saturated carbocycles. The van der Waals surface area contributed by atoms with Gasteiger partial charge in [-0.2, -0.15) is 5.26 Å². The van der Waals surface area contributed by atoms with Crippen LogP contribution in [0.2, 0.25) is 0 Å². The summed E-state index contributed by atoms with van der Waals surface area (Å²) in [5.41, 5.74) is 7.57. The summed E-state index contributed by atoms with van der Waals surface area (Å²) in [4.78, 5) is 24.0. The van der Waals surface area contributed by atoms with Gasteiger partial charge in [0.25, 0.3) is 0 Å². The highest BCUT2D eigenvalue weighted by Gasteiger charge is 2.19. The van der Waals surface area contributed by atoms with Crippen molar-refractivity contribution >= 4 is 22.7 Å². The molecule has 5 rings (SSSR count). The predicted molar refractivity (Wildman–Crippen MR) is 129 cm³/mol. The zero-order valence-electron chi connectivity index (χ0n) is 18.3. The van der Waals surface area contributed by atoms with Crippen LogP contribution in [0.1, 0.15) is 18.2 Å². The zero-order valence-corrected chi connectivity index (χ0v) is 18.3. The highest BCUT2D eigenvalue weighted by atomic mass is 15.2. The summed E-state index contributed by atoms with van der Waals surface area (Å²) in [7, 11) is 1.94. The number of aryl methyl sites for hydroxylation is 1. The summed E-state index contributed by atoms with van der Waals surface area (Å²) in [6.45, 7) is 2.09. The Morgan fingerprint density at radius 2 is 1.73 bits per heavy atom. The third-order valence-electron chi connectivity index (χ3n) is 5.56. The molecule has 0 atom stereocenters. The number of H-pyrrole nitrogens is 1. The van der Waals surface area contributed by atoms with Crippen molar-refractivity contribution < 1.29 is 0 Å². The molecule has 0 fully saturated rings. The van der Waals surface area contributed by atoms with Gasteiger partial charge in [0.15, 0.2) is 0 Å². The van der Waals surface area contributed by atoms with Gasteiger partial charge in [0.1, 0.15) is 5.69 Å². The van der Waals surface area contributed by atoms with Crippen molar-refractivity contribution in [2.75, 3.05) is 11.9 Å². The molecule has 0 aliphatic heterocycles. The molecule has 7 heteroatoms. The molecule has 0 bridgehead atoms. The summed E-state index contributed by atoms with van der Waals surface area (Å²) in [6, 6.07) is 21.5. The minimum Gasteiger partial charge on any atom is -0.322 e. The molecule has 0 aliphatic rings. The topological polar surface area (TPSA) is 94.4 Å². The van der Waals surface area contributed by atoms with Gasteiger partial charge < -0.3 is 9.88 Å². The van der Waals surface area contributed by atoms with E-state index < -0.39 is 0 Å². The van der Waals surface area contributed by atoms with Crippen LogP contribution in [0.25, 0.3) is 33.7 Å². The van der Waals surface area contributed by atoms with Crippen LogP contribution in [0.3, 0.4) is 0 Å². The van der Waals surface area contributed by atoms with Crippen LogP contribution >= 0.6 is 0 Å². The molecule has 3 heterocycles. The van der Waals surface area contributed by atoms with Crippen LogP contribution in [0, 0.1) is 11.3 Å². The number of benzene rings is 2. The van der Waals surface area contributed by atoms with Crippen LogP contribution in [-0.2, 0) is 6.42 Å². The number of aromatic nitrogens is 5. The molecule has 5 aromatic rings. The second-order valence-electron chi connectivity index (χ2n) is 7.63. The van der Waals surface area contributed by atoms with Crippen molar-refractivity contribution in [1.29, 1.82) is 5.26 Å². The molecule has 7 nitrogen and oxygen atoms in total. The number of hydrogen-bond acceptors (Lipinski definition) is 6. The van der Waals surface area contributed by atoms with Crippen molar-refractivity contribution in [3.8, 4) is 28.7 Å². The fourth-order valence-corrected chi connectivity index (χ4v) is 3.72. The minimum absolute atomic E-state index is 0.617. The molecule has 0 spiro atoms. The molecule has 0 saturated heterocycles. The van der Waals surface area contributed by atoms with Gasteiger partial charge in [0.05, 0.1) is 34.1 Å². The van der Waals surface area contributed by atoms with Crippen molar-refractivity contribution in [3.05, 3.63) is 84.3 Å². The van der Waals surface area contributed by atoms with Gasteiger partial charge in [0.2, 0.25) is 5.95 Å². The Morgan fingerprint density at radius 3 is 2.48 bits per heavy atom. The summed E-state index contributed by atoms with van der Waals surface area (Å²) < 4.78 is 0. The third-order valence-corrected chi connectivity index (χ3v) is 5.56. The SMILES string of the molecule is CCc1cccc(-c2[nH]c(N(C)c3ccc(C#N)cc3)nc2-c2ccc3nccnc3c2)n1. The van der Waals surface area contributed by atoms with E-state index in [1.54, 1.807) is 24.5 Å². The van der Waals surface area contributed by atoms with E-state index in [1.165, 1.54) is 0 Å². The fourth-order valence-electron chi connectivity index (χ4n) is 3.72. The molecule has 0 radical (unpaired) electrons. The number of nitrogens with zero attached hydrogens (tertiary/aromatic N) is 6. The van der Waals surface area contributed by atoms with Crippen molar-refractivity contribution in [2.45, 2.75) is 13.3 Å². The lowest BCUT2D eigenvalue weighted by Crippen LogP contribution is -2.11. The lowest BCUT2D eigenvalue weighted by molar-refractivity contribution is 1.03. The zero-order chi connectivity index (χ0) is 22.8. The monoisotopic (exact) mass is 431 g/mol. The molecule has 33 heavy (non-hydrogen) atoms. The Morgan fingerprint density at radius 1 is 0.939 bits per heavy atom. The average Bonchev–Trinajstić information content (AvgIpc) is 3.33. The highest BCUT2D eigenvalue weighted by molar-refractivity contribution is 5.85. The lowest BCUT2D eigenvalue weighted by Gasteiger charge is -2.15. The second-order valence-corrected chi connectivity index (χ2v) is 7.63. The Kier molecular flexibility index (Phi) is 5.25. The number of fused-ring (bicyclic) bond motifs is 1. The smallest absolute Gasteiger partial charge is 0.208 e. The molecular formula is C26H21N7. The Labute approximate surface area is 191 Å². The Balaban J connectivity index is 1.65. The summed E-state index contributed by atoms with van der Waals surface area (Å²) in [5, 5.41) is 9.10. The van der Waals surface area contributed by atoms with Gasteiger partial charge in [-0.25, -0.2) is 4.98 Å². The Bertz CT molecular complexity index is 1480. The van der Waals surface area contributed by atoms with Crippen LogP contribution < -0.4 is 4.90 Å². The second kappa shape index (κ2) is 8.52. The van der Waals surface area contributed by atoms with E-state index in [0.29, 0.717) is 11.5 Å². The maximum atomic E-state index is 9.10. The molecule has 0 amide bonds. The highest BCUT2D eigenvalue weighted by Crippen LogP contribution is 2.34. The minimum atomic E-state index is 0.617. The number of aromatic amines is 1. The number of nitrogens with one attached hydrogen (secondary N) is 1. The van der Waals surface area contributed by atoms with E-state index in [4.69, 9.17) is 15.2 Å². The van der Waals surface area contributed by atoms with Crippen molar-refractivity contribution in [3.63, 3.8) is 0 Å². The molecule has 1 N–H and O–H groups in total. The molecular weight excluding hydrogens is 410 g/mol. The van der Waals surface area contributed by atoms with Gasteiger partial charge in [-0.05, 0) is 55.0 Å². The maximum Gasteiger partial charge on any atom is 0.208 e. The first-order chi connectivity index (χ1) is 16.2. The summed E-state index contributed by atoms with van der Waals surface area (Å²) in [5.74, 6) is 0.674. The van der Waals surface area contributed by atoms with Crippen LogP contribution in [0.5, 0.6) is 0 Å². The number of hydrogen-bond donors (Lipinski definition) is 1. The van der Waals surface area contributed by atoms with E-state index in [2.05, 4.69) is 27.9 Å². The largest absolute Gasteiger partial charge is 0.322 e. The quantitative estimate of drug-likeness (QED) is 0.407. The Hall–Kier alpha value is -4.57. The first-order valence-electron chi connectivity index (χ1n) is 10.7. The van der Waals surface area contributed by atoms with Gasteiger partial charge in [-0.15, -0.1) is 0 Å². The van der Waals surface area contributed by atoms with Crippen LogP contribution in [-0.4, -0.2) is 32.0 Å². The predicted octanol–water partition coefficient (Wildman–Crippen LogP) is 5.28. The third kappa shape index (κ3) is 3.90. The van der Waals surface area contributed by atoms with E-state index in [0.717, 1.165) is 51.5 Å². The fraction of sp³-hybridized carbons (Fsp3) is 0.115. The number of nitriles is 1. The number of rotatable bonds is 5. The summed E-state index contributed by atoms with van der Waals surface area (Å²) >= 11 is 0. The van der Waals surface area contributed by atoms with Gasteiger partial charge in [-0.3, -0.25) is 15.0 Å². The first kappa shape index (κ1) is 20.3. The molecule has 2 aromatic carbocycles. The average molecular weight is 432 g/mol. The molecule has 0 aliphatic carbocycles. The van der Waals surface area contributed by atoms with E-state index in [9.17, 15) is 0 Å². The molecule has 160 valence electrons. The lowest BCUT2D eigenvalue weighted by atomic mass is 10.1. The van der Waals surface area contributed by atoms with Gasteiger partial charge in [0, 0.05) is 36.4 Å². The van der Waals surface area contributed by atoms with E-state index in [1.807, 2.05) is 60.5 Å². The maximum absolute atomic E-state index is 9.10. The van der Waals surface area contributed by atoms with Gasteiger partial charge in [-0.1, -0.05) is 19.1 Å². The van der Waals surface area contributed by atoms with Crippen molar-refractivity contribution in [1.82, 2.24) is 24.9 Å². The number of imidazole rings is 1. The molecule has 0 unspecified atom stereocenters. The van der Waals surface area contributed by atoms with Crippen molar-refractivity contribution in [2.24, 2.45) is 0 Å². The van der Waals surface area contributed by atoms with Gasteiger partial charge >= 0.3 is 0 Å². The van der Waals surface area contributed by atoms with E-state index in [-0.39, 0.29) is 0 Å². The van der Waals surface area contributed by atoms with E-state index >= 15 is 0 Å². The normalized spacial score (nSPS) is 10.8. The summed E-state index contributed by atoms with van der Waals surface area (Å²) in [6.07, 6.45) is 4.22. The van der Waals surface area contributed by atoms with Crippen LogP contribution in [0.4, 0.5) is 11.6 Å². The number of pyridine rings is 1.